The number of methoxy groups -OCH3 is 1. The summed E-state index contributed by atoms with van der Waals surface area (Å²) in [6.45, 7) is 2.43. The Labute approximate surface area is 110 Å². The van der Waals surface area contributed by atoms with Crippen molar-refractivity contribution in [3.63, 3.8) is 0 Å². The van der Waals surface area contributed by atoms with E-state index in [-0.39, 0.29) is 5.41 Å². The minimum atomic E-state index is 0.278. The van der Waals surface area contributed by atoms with Crippen LogP contribution in [0.15, 0.2) is 18.2 Å². The first kappa shape index (κ1) is 12.0. The lowest BCUT2D eigenvalue weighted by molar-refractivity contribution is 0.147. The number of benzene rings is 1. The fourth-order valence-corrected chi connectivity index (χ4v) is 4.32. The van der Waals surface area contributed by atoms with Gasteiger partial charge in [-0.05, 0) is 55.5 Å². The molecule has 2 aliphatic carbocycles. The molecule has 18 heavy (non-hydrogen) atoms. The number of rotatable bonds is 2. The van der Waals surface area contributed by atoms with Crippen LogP contribution in [0, 0.1) is 5.92 Å². The van der Waals surface area contributed by atoms with E-state index in [0.29, 0.717) is 6.04 Å². The minimum absolute atomic E-state index is 0.278. The Kier molecular flexibility index (Phi) is 2.86. The maximum atomic E-state index is 5.41. The van der Waals surface area contributed by atoms with E-state index in [2.05, 4.69) is 37.5 Å². The van der Waals surface area contributed by atoms with Crippen molar-refractivity contribution in [2.24, 2.45) is 5.92 Å². The third-order valence-electron chi connectivity index (χ3n) is 5.15. The third kappa shape index (κ3) is 1.58. The van der Waals surface area contributed by atoms with Crippen molar-refractivity contribution in [3.05, 3.63) is 29.3 Å². The summed E-state index contributed by atoms with van der Waals surface area (Å²) < 4.78 is 5.41. The number of ether oxygens (including phenoxy) is 1. The van der Waals surface area contributed by atoms with Crippen LogP contribution >= 0.6 is 0 Å². The van der Waals surface area contributed by atoms with Gasteiger partial charge < -0.3 is 10.1 Å². The molecule has 3 rings (SSSR count). The zero-order chi connectivity index (χ0) is 12.8. The van der Waals surface area contributed by atoms with E-state index in [1.165, 1.54) is 36.8 Å². The van der Waals surface area contributed by atoms with Gasteiger partial charge in [0.1, 0.15) is 5.75 Å². The van der Waals surface area contributed by atoms with Gasteiger partial charge in [0.25, 0.3) is 0 Å². The molecule has 2 aliphatic rings. The average molecular weight is 245 g/mol. The summed E-state index contributed by atoms with van der Waals surface area (Å²) >= 11 is 0. The summed E-state index contributed by atoms with van der Waals surface area (Å²) in [5.74, 6) is 1.79. The Balaban J connectivity index is 2.12. The van der Waals surface area contributed by atoms with Crippen LogP contribution in [-0.4, -0.2) is 20.2 Å². The molecule has 0 aromatic heterocycles. The monoisotopic (exact) mass is 245 g/mol. The van der Waals surface area contributed by atoms with Gasteiger partial charge in [0.05, 0.1) is 7.11 Å². The summed E-state index contributed by atoms with van der Waals surface area (Å²) in [4.78, 5) is 0. The molecular weight excluding hydrogens is 222 g/mol. The Hall–Kier alpha value is -1.02. The highest BCUT2D eigenvalue weighted by atomic mass is 16.5. The summed E-state index contributed by atoms with van der Waals surface area (Å²) in [6.07, 6.45) is 5.23. The van der Waals surface area contributed by atoms with Crippen LogP contribution < -0.4 is 10.1 Å². The number of fused-ring (bicyclic) bond motifs is 4. The molecule has 0 amide bonds. The van der Waals surface area contributed by atoms with Crippen LogP contribution in [0.3, 0.4) is 0 Å². The second-order valence-corrected chi connectivity index (χ2v) is 6.06. The molecule has 2 heteroatoms. The van der Waals surface area contributed by atoms with E-state index in [1.54, 1.807) is 7.11 Å². The smallest absolute Gasteiger partial charge is 0.119 e. The lowest BCUT2D eigenvalue weighted by Gasteiger charge is -2.51. The van der Waals surface area contributed by atoms with Gasteiger partial charge in [0.2, 0.25) is 0 Å². The van der Waals surface area contributed by atoms with E-state index in [0.717, 1.165) is 11.7 Å². The summed E-state index contributed by atoms with van der Waals surface area (Å²) in [7, 11) is 3.87. The van der Waals surface area contributed by atoms with E-state index in [1.807, 2.05) is 0 Å². The second-order valence-electron chi connectivity index (χ2n) is 6.06. The van der Waals surface area contributed by atoms with Gasteiger partial charge in [0.15, 0.2) is 0 Å². The molecule has 0 heterocycles. The molecule has 98 valence electrons. The van der Waals surface area contributed by atoms with E-state index < -0.39 is 0 Å². The summed E-state index contributed by atoms with van der Waals surface area (Å²) in [5.41, 5.74) is 3.33. The molecule has 1 fully saturated rings. The quantitative estimate of drug-likeness (QED) is 0.865. The van der Waals surface area contributed by atoms with E-state index >= 15 is 0 Å². The Morgan fingerprint density at radius 3 is 2.94 bits per heavy atom. The van der Waals surface area contributed by atoms with E-state index in [9.17, 15) is 0 Å². The van der Waals surface area contributed by atoms with Crippen molar-refractivity contribution in [1.82, 2.24) is 5.32 Å². The van der Waals surface area contributed by atoms with Crippen molar-refractivity contribution in [2.45, 2.75) is 44.1 Å². The molecule has 0 aliphatic heterocycles. The highest BCUT2D eigenvalue weighted by Gasteiger charge is 2.47. The molecule has 1 N–H and O–H groups in total. The maximum Gasteiger partial charge on any atom is 0.119 e. The average Bonchev–Trinajstić information content (AvgIpc) is 2.38. The topological polar surface area (TPSA) is 21.3 Å². The largest absolute Gasteiger partial charge is 0.497 e. The first-order chi connectivity index (χ1) is 8.69. The number of hydrogen-bond donors (Lipinski definition) is 1. The van der Waals surface area contributed by atoms with Crippen molar-refractivity contribution in [1.29, 1.82) is 0 Å². The number of nitrogens with one attached hydrogen (secondary N) is 1. The van der Waals surface area contributed by atoms with Crippen LogP contribution in [0.4, 0.5) is 0 Å². The first-order valence-electron chi connectivity index (χ1n) is 7.03. The molecular formula is C16H23NO. The van der Waals surface area contributed by atoms with Crippen molar-refractivity contribution >= 4 is 0 Å². The molecule has 2 nitrogen and oxygen atoms in total. The number of likely N-dealkylation sites (N-methyl/N-ethyl adjacent to an activating group) is 1. The summed E-state index contributed by atoms with van der Waals surface area (Å²) in [6, 6.07) is 7.26. The SMILES string of the molecule is CN[C@@H]1C2CCC[C@]1(C)c1cc(OC)ccc1C2. The molecule has 1 aromatic rings. The molecule has 1 aromatic carbocycles. The normalized spacial score (nSPS) is 33.9. The van der Waals surface area contributed by atoms with Crippen molar-refractivity contribution in [3.8, 4) is 5.75 Å². The van der Waals surface area contributed by atoms with Gasteiger partial charge >= 0.3 is 0 Å². The van der Waals surface area contributed by atoms with Crippen LogP contribution in [0.5, 0.6) is 5.75 Å². The standard InChI is InChI=1S/C16H23NO/c1-16-8-4-5-12(15(16)17-2)9-11-6-7-13(18-3)10-14(11)16/h6-7,10,12,15,17H,4-5,8-9H2,1-3H3/t12?,15-,16-/m1/s1. The van der Waals surface area contributed by atoms with Crippen LogP contribution in [0.1, 0.15) is 37.3 Å². The van der Waals surface area contributed by atoms with Gasteiger partial charge in [-0.25, -0.2) is 0 Å². The van der Waals surface area contributed by atoms with Crippen LogP contribution in [-0.2, 0) is 11.8 Å². The highest BCUT2D eigenvalue weighted by molar-refractivity contribution is 5.44. The second kappa shape index (κ2) is 4.27. The van der Waals surface area contributed by atoms with Gasteiger partial charge in [-0.15, -0.1) is 0 Å². The molecule has 1 saturated carbocycles. The molecule has 2 bridgehead atoms. The van der Waals surface area contributed by atoms with Crippen LogP contribution in [0.25, 0.3) is 0 Å². The van der Waals surface area contributed by atoms with Gasteiger partial charge in [-0.1, -0.05) is 19.4 Å². The first-order valence-corrected chi connectivity index (χ1v) is 7.03. The third-order valence-corrected chi connectivity index (χ3v) is 5.15. The van der Waals surface area contributed by atoms with Crippen molar-refractivity contribution in [2.75, 3.05) is 14.2 Å². The fraction of sp³-hybridized carbons (Fsp3) is 0.625. The number of hydrogen-bond acceptors (Lipinski definition) is 2. The molecule has 0 saturated heterocycles. The van der Waals surface area contributed by atoms with Gasteiger partial charge in [-0.2, -0.15) is 0 Å². The van der Waals surface area contributed by atoms with Crippen LogP contribution in [0.2, 0.25) is 0 Å². The highest BCUT2D eigenvalue weighted by Crippen LogP contribution is 2.49. The molecule has 1 unspecified atom stereocenters. The summed E-state index contributed by atoms with van der Waals surface area (Å²) in [5, 5.41) is 3.58. The predicted octanol–water partition coefficient (Wildman–Crippen LogP) is 2.90. The molecule has 0 spiro atoms. The lowest BCUT2D eigenvalue weighted by Crippen LogP contribution is -2.55. The maximum absolute atomic E-state index is 5.41. The molecule has 0 radical (unpaired) electrons. The fourth-order valence-electron chi connectivity index (χ4n) is 4.32. The zero-order valence-electron chi connectivity index (χ0n) is 11.6. The Bertz CT molecular complexity index is 456. The molecule has 3 atom stereocenters. The van der Waals surface area contributed by atoms with Gasteiger partial charge in [0, 0.05) is 11.5 Å². The van der Waals surface area contributed by atoms with E-state index in [4.69, 9.17) is 4.74 Å². The lowest BCUT2D eigenvalue weighted by atomic mass is 9.57. The minimum Gasteiger partial charge on any atom is -0.497 e. The van der Waals surface area contributed by atoms with Gasteiger partial charge in [-0.3, -0.25) is 0 Å². The Morgan fingerprint density at radius 2 is 2.22 bits per heavy atom. The van der Waals surface area contributed by atoms with Crippen molar-refractivity contribution < 1.29 is 4.74 Å². The Morgan fingerprint density at radius 1 is 1.39 bits per heavy atom. The zero-order valence-corrected chi connectivity index (χ0v) is 11.6. The predicted molar refractivity (Wildman–Crippen MR) is 74.2 cm³/mol.